The van der Waals surface area contributed by atoms with Gasteiger partial charge in [0.15, 0.2) is 0 Å². The second kappa shape index (κ2) is 12.7. The first-order valence-corrected chi connectivity index (χ1v) is 19.4. The van der Waals surface area contributed by atoms with Crippen molar-refractivity contribution in [3.05, 3.63) is 229 Å². The maximum Gasteiger partial charge on any atom is 0.0541 e. The number of hydrogen-bond acceptors (Lipinski definition) is 1. The zero-order valence-electron chi connectivity index (χ0n) is 31.1. The number of rotatable bonds is 6. The molecule has 264 valence electrons. The molecule has 2 nitrogen and oxygen atoms in total. The van der Waals surface area contributed by atoms with E-state index in [1.165, 1.54) is 77.2 Å². The van der Waals surface area contributed by atoms with E-state index >= 15 is 0 Å². The minimum absolute atomic E-state index is 0.240. The van der Waals surface area contributed by atoms with E-state index in [0.717, 1.165) is 17.1 Å². The Morgan fingerprint density at radius 2 is 0.946 bits per heavy atom. The number of hydrogen-bond donors (Lipinski definition) is 0. The van der Waals surface area contributed by atoms with Crippen LogP contribution in [-0.2, 0) is 5.41 Å². The lowest BCUT2D eigenvalue weighted by atomic mass is 9.74. The number of para-hydroxylation sites is 2. The van der Waals surface area contributed by atoms with Crippen LogP contribution in [0.3, 0.4) is 0 Å². The van der Waals surface area contributed by atoms with E-state index in [0.29, 0.717) is 0 Å². The molecule has 11 rings (SSSR count). The van der Waals surface area contributed by atoms with Crippen LogP contribution in [0.1, 0.15) is 23.6 Å². The predicted octanol–water partition coefficient (Wildman–Crippen LogP) is 14.4. The van der Waals surface area contributed by atoms with Gasteiger partial charge < -0.3 is 9.47 Å². The molecule has 1 aliphatic carbocycles. The molecule has 2 heteroatoms. The second-order valence-electron chi connectivity index (χ2n) is 15.1. The molecule has 1 aromatic heterocycles. The summed E-state index contributed by atoms with van der Waals surface area (Å²) >= 11 is 0. The third kappa shape index (κ3) is 4.96. The standard InChI is InChI=1S/C54H38N2/c1-54(50-20-10-7-17-46(50)47-18-8-11-21-51(47)54)41-27-32-44(33-28-41)55(45-31-25-37-13-5-6-14-39(37)35-45)43-29-23-38(24-30-43)40-26-34-53-49(36-40)48-19-9-12-22-52(48)56(53)42-15-3-2-4-16-42/h2-36H,1H3. The van der Waals surface area contributed by atoms with Gasteiger partial charge in [0.05, 0.1) is 11.0 Å². The van der Waals surface area contributed by atoms with Crippen LogP contribution in [0.2, 0.25) is 0 Å². The van der Waals surface area contributed by atoms with Crippen LogP contribution in [-0.4, -0.2) is 4.57 Å². The van der Waals surface area contributed by atoms with Crippen molar-refractivity contribution >= 4 is 49.6 Å². The largest absolute Gasteiger partial charge is 0.310 e. The zero-order valence-corrected chi connectivity index (χ0v) is 31.1. The van der Waals surface area contributed by atoms with Crippen molar-refractivity contribution in [3.63, 3.8) is 0 Å². The fourth-order valence-electron chi connectivity index (χ4n) is 9.28. The number of fused-ring (bicyclic) bond motifs is 7. The van der Waals surface area contributed by atoms with Gasteiger partial charge in [-0.25, -0.2) is 0 Å². The van der Waals surface area contributed by atoms with Crippen LogP contribution in [0.4, 0.5) is 17.1 Å². The first-order valence-electron chi connectivity index (χ1n) is 19.4. The van der Waals surface area contributed by atoms with Crippen LogP contribution in [0.5, 0.6) is 0 Å². The Bertz CT molecular complexity index is 3030. The molecule has 9 aromatic carbocycles. The summed E-state index contributed by atoms with van der Waals surface area (Å²) in [5, 5.41) is 4.97. The summed E-state index contributed by atoms with van der Waals surface area (Å²) in [5.74, 6) is 0. The summed E-state index contributed by atoms with van der Waals surface area (Å²) in [5.41, 5.74) is 15.8. The topological polar surface area (TPSA) is 8.17 Å². The normalized spacial score (nSPS) is 12.9. The SMILES string of the molecule is CC1(c2ccc(N(c3ccc(-c4ccc5c(c4)c4ccccc4n5-c4ccccc4)cc3)c3ccc4ccccc4c3)cc2)c2ccccc2-c2ccccc21. The molecule has 10 aromatic rings. The summed E-state index contributed by atoms with van der Waals surface area (Å²) in [7, 11) is 0. The first-order chi connectivity index (χ1) is 27.6. The maximum absolute atomic E-state index is 2.38. The van der Waals surface area contributed by atoms with Crippen molar-refractivity contribution in [2.75, 3.05) is 4.90 Å². The Morgan fingerprint density at radius 1 is 0.393 bits per heavy atom. The summed E-state index contributed by atoms with van der Waals surface area (Å²) in [4.78, 5) is 2.38. The molecule has 1 heterocycles. The molecule has 56 heavy (non-hydrogen) atoms. The van der Waals surface area contributed by atoms with Gasteiger partial charge in [-0.15, -0.1) is 0 Å². The summed E-state index contributed by atoms with van der Waals surface area (Å²) in [6.45, 7) is 2.38. The monoisotopic (exact) mass is 714 g/mol. The third-order valence-electron chi connectivity index (χ3n) is 12.1. The van der Waals surface area contributed by atoms with E-state index in [4.69, 9.17) is 0 Å². The number of anilines is 3. The van der Waals surface area contributed by atoms with Gasteiger partial charge in [-0.05, 0) is 123 Å². The summed E-state index contributed by atoms with van der Waals surface area (Å²) in [6, 6.07) is 77.7. The summed E-state index contributed by atoms with van der Waals surface area (Å²) in [6.07, 6.45) is 0. The van der Waals surface area contributed by atoms with E-state index in [2.05, 4.69) is 229 Å². The van der Waals surface area contributed by atoms with Crippen molar-refractivity contribution in [3.8, 4) is 27.9 Å². The number of nitrogens with zero attached hydrogens (tertiary/aromatic N) is 2. The number of aromatic nitrogens is 1. The van der Waals surface area contributed by atoms with Gasteiger partial charge in [-0.1, -0.05) is 146 Å². The molecule has 1 aliphatic rings. The van der Waals surface area contributed by atoms with E-state index in [9.17, 15) is 0 Å². The highest BCUT2D eigenvalue weighted by Crippen LogP contribution is 2.52. The average molecular weight is 715 g/mol. The van der Waals surface area contributed by atoms with Gasteiger partial charge in [0.25, 0.3) is 0 Å². The molecule has 0 fully saturated rings. The fraction of sp³-hybridized carbons (Fsp3) is 0.0370. The van der Waals surface area contributed by atoms with Gasteiger partial charge in [0.2, 0.25) is 0 Å². The maximum atomic E-state index is 2.38. The van der Waals surface area contributed by atoms with E-state index in [1.807, 2.05) is 0 Å². The third-order valence-corrected chi connectivity index (χ3v) is 12.1. The van der Waals surface area contributed by atoms with Crippen LogP contribution in [0, 0.1) is 0 Å². The molecule has 0 radical (unpaired) electrons. The van der Waals surface area contributed by atoms with Crippen molar-refractivity contribution in [1.29, 1.82) is 0 Å². The fourth-order valence-corrected chi connectivity index (χ4v) is 9.28. The minimum Gasteiger partial charge on any atom is -0.310 e. The Labute approximate surface area is 327 Å². The Morgan fingerprint density at radius 3 is 1.68 bits per heavy atom. The quantitative estimate of drug-likeness (QED) is 0.166. The molecule has 0 spiro atoms. The molecular formula is C54H38N2. The average Bonchev–Trinajstić information content (AvgIpc) is 3.74. The lowest BCUT2D eigenvalue weighted by Crippen LogP contribution is -2.22. The molecule has 0 aliphatic heterocycles. The lowest BCUT2D eigenvalue weighted by molar-refractivity contribution is 0.714. The van der Waals surface area contributed by atoms with Crippen molar-refractivity contribution in [2.24, 2.45) is 0 Å². The molecule has 0 bridgehead atoms. The number of benzene rings is 9. The van der Waals surface area contributed by atoms with Gasteiger partial charge in [-0.3, -0.25) is 0 Å². The van der Waals surface area contributed by atoms with Gasteiger partial charge in [-0.2, -0.15) is 0 Å². The van der Waals surface area contributed by atoms with Crippen LogP contribution >= 0.6 is 0 Å². The first kappa shape index (κ1) is 32.3. The van der Waals surface area contributed by atoms with Crippen LogP contribution in [0.15, 0.2) is 212 Å². The molecule has 0 N–H and O–H groups in total. The molecule has 0 unspecified atom stereocenters. The highest BCUT2D eigenvalue weighted by atomic mass is 15.1. The highest BCUT2D eigenvalue weighted by Gasteiger charge is 2.40. The predicted molar refractivity (Wildman–Crippen MR) is 236 cm³/mol. The Hall–Kier alpha value is -7.16. The van der Waals surface area contributed by atoms with E-state index in [-0.39, 0.29) is 5.41 Å². The van der Waals surface area contributed by atoms with Crippen LogP contribution in [0.25, 0.3) is 60.5 Å². The zero-order chi connectivity index (χ0) is 37.2. The molecule has 0 atom stereocenters. The van der Waals surface area contributed by atoms with Gasteiger partial charge >= 0.3 is 0 Å². The molecule has 0 saturated heterocycles. The summed E-state index contributed by atoms with van der Waals surface area (Å²) < 4.78 is 2.37. The Kier molecular flexibility index (Phi) is 7.33. The van der Waals surface area contributed by atoms with Crippen molar-refractivity contribution in [1.82, 2.24) is 4.57 Å². The second-order valence-corrected chi connectivity index (χ2v) is 15.1. The molecular weight excluding hydrogens is 677 g/mol. The minimum atomic E-state index is -0.240. The smallest absolute Gasteiger partial charge is 0.0541 e. The molecule has 0 amide bonds. The Balaban J connectivity index is 1.00. The lowest BCUT2D eigenvalue weighted by Gasteiger charge is -2.30. The highest BCUT2D eigenvalue weighted by molar-refractivity contribution is 6.10. The van der Waals surface area contributed by atoms with Crippen molar-refractivity contribution < 1.29 is 0 Å². The van der Waals surface area contributed by atoms with Gasteiger partial charge in [0.1, 0.15) is 0 Å². The van der Waals surface area contributed by atoms with E-state index in [1.54, 1.807) is 0 Å². The molecule has 0 saturated carbocycles. The van der Waals surface area contributed by atoms with Crippen LogP contribution < -0.4 is 4.90 Å². The van der Waals surface area contributed by atoms with E-state index < -0.39 is 0 Å². The van der Waals surface area contributed by atoms with Gasteiger partial charge in [0, 0.05) is 38.9 Å². The van der Waals surface area contributed by atoms with Crippen molar-refractivity contribution in [2.45, 2.75) is 12.3 Å².